The van der Waals surface area contributed by atoms with Crippen molar-refractivity contribution in [1.29, 1.82) is 0 Å². The van der Waals surface area contributed by atoms with Gasteiger partial charge in [0.2, 0.25) is 0 Å². The number of ether oxygens (including phenoxy) is 2. The van der Waals surface area contributed by atoms with E-state index >= 15 is 0 Å². The summed E-state index contributed by atoms with van der Waals surface area (Å²) in [6.07, 6.45) is 1.73. The molecule has 0 amide bonds. The number of esters is 2. The largest absolute Gasteiger partial charge is 0.469 e. The average Bonchev–Trinajstić information content (AvgIpc) is 2.26. The Morgan fingerprint density at radius 2 is 1.73 bits per heavy atom. The van der Waals surface area contributed by atoms with Gasteiger partial charge in [0.25, 0.3) is 5.97 Å². The van der Waals surface area contributed by atoms with Crippen LogP contribution in [-0.4, -0.2) is 38.8 Å². The van der Waals surface area contributed by atoms with Crippen molar-refractivity contribution in [1.82, 2.24) is 0 Å². The highest BCUT2D eigenvalue weighted by Crippen LogP contribution is 2.17. The maximum Gasteiger partial charge on any atom is 0.319 e. The van der Waals surface area contributed by atoms with E-state index in [0.29, 0.717) is 19.3 Å². The number of rotatable bonds is 6. The van der Waals surface area contributed by atoms with Gasteiger partial charge in [-0.1, -0.05) is 22.4 Å². The maximum atomic E-state index is 11.0. The topological polar surface area (TPSA) is 52.6 Å². The fraction of sp³-hybridized carbons (Fsp3) is 0.778. The molecule has 0 N–H and O–H groups in total. The van der Waals surface area contributed by atoms with Gasteiger partial charge in [-0.3, -0.25) is 9.59 Å². The van der Waals surface area contributed by atoms with Crippen LogP contribution in [0.2, 0.25) is 5.82 Å². The van der Waals surface area contributed by atoms with E-state index in [0.717, 1.165) is 0 Å². The number of hydrogen-bond donors (Lipinski definition) is 0. The van der Waals surface area contributed by atoms with Crippen molar-refractivity contribution in [2.24, 2.45) is 0 Å². The molecule has 0 aromatic heterocycles. The molecule has 84 valence electrons. The summed E-state index contributed by atoms with van der Waals surface area (Å²) >= 11 is 3.18. The third-order valence-electron chi connectivity index (χ3n) is 1.93. The molecule has 0 rings (SSSR count). The van der Waals surface area contributed by atoms with Crippen molar-refractivity contribution in [3.05, 3.63) is 0 Å². The lowest BCUT2D eigenvalue weighted by atomic mass is 9.83. The molecule has 0 saturated carbocycles. The van der Waals surface area contributed by atoms with E-state index < -0.39 is 11.8 Å². The molecule has 0 saturated heterocycles. The molecule has 0 aliphatic heterocycles. The molecule has 0 bridgehead atoms. The van der Waals surface area contributed by atoms with Gasteiger partial charge in [-0.05, 0) is 12.8 Å². The van der Waals surface area contributed by atoms with Crippen molar-refractivity contribution in [3.8, 4) is 0 Å². The summed E-state index contributed by atoms with van der Waals surface area (Å²) < 4.78 is 9.00. The van der Waals surface area contributed by atoms with Gasteiger partial charge in [0.05, 0.1) is 22.1 Å². The zero-order valence-electron chi connectivity index (χ0n) is 8.86. The molecule has 0 aromatic carbocycles. The van der Waals surface area contributed by atoms with Gasteiger partial charge in [0, 0.05) is 5.82 Å². The molecule has 0 aliphatic carbocycles. The zero-order chi connectivity index (χ0) is 11.8. The van der Waals surface area contributed by atoms with E-state index in [2.05, 4.69) is 25.4 Å². The summed E-state index contributed by atoms with van der Waals surface area (Å²) in [5.74, 6) is -1.37. The first-order valence-corrected chi connectivity index (χ1v) is 5.49. The second kappa shape index (κ2) is 7.73. The Morgan fingerprint density at radius 1 is 1.20 bits per heavy atom. The number of hydrogen-bond acceptors (Lipinski definition) is 4. The first-order valence-electron chi connectivity index (χ1n) is 4.58. The molecule has 0 spiro atoms. The second-order valence-corrected chi connectivity index (χ2v) is 4.16. The molecular weight excluding hydrogens is 263 g/mol. The average molecular weight is 277 g/mol. The summed E-state index contributed by atoms with van der Waals surface area (Å²) in [6, 6.07) is 0. The van der Waals surface area contributed by atoms with Crippen LogP contribution in [0.25, 0.3) is 0 Å². The number of halogens is 1. The van der Waals surface area contributed by atoms with Gasteiger partial charge in [-0.25, -0.2) is 0 Å². The summed E-state index contributed by atoms with van der Waals surface area (Å²) in [6.45, 7) is 0. The lowest BCUT2D eigenvalue weighted by molar-refractivity contribution is -0.140. The molecule has 2 unspecified atom stereocenters. The third kappa shape index (κ3) is 5.82. The summed E-state index contributed by atoms with van der Waals surface area (Å²) in [5, 5.41) is 0. The minimum absolute atomic E-state index is 0.318. The zero-order valence-corrected chi connectivity index (χ0v) is 10.5. The predicted octanol–water partition coefficient (Wildman–Crippen LogP) is 1.22. The van der Waals surface area contributed by atoms with Crippen molar-refractivity contribution in [2.75, 3.05) is 14.2 Å². The van der Waals surface area contributed by atoms with Crippen LogP contribution >= 0.6 is 15.9 Å². The monoisotopic (exact) mass is 276 g/mol. The van der Waals surface area contributed by atoms with E-state index in [1.165, 1.54) is 14.2 Å². The van der Waals surface area contributed by atoms with E-state index in [-0.39, 0.29) is 10.8 Å². The SMILES string of the molecule is [B]C(CCCC(Br)C(=O)OC)C(=O)OC. The molecule has 0 aromatic rings. The Bertz CT molecular complexity index is 200. The lowest BCUT2D eigenvalue weighted by Gasteiger charge is -2.10. The van der Waals surface area contributed by atoms with Crippen molar-refractivity contribution in [2.45, 2.75) is 29.9 Å². The van der Waals surface area contributed by atoms with Crippen LogP contribution < -0.4 is 0 Å². The molecule has 4 nitrogen and oxygen atoms in total. The second-order valence-electron chi connectivity index (χ2n) is 3.05. The van der Waals surface area contributed by atoms with E-state index in [1.807, 2.05) is 0 Å². The minimum atomic E-state index is -0.618. The molecule has 0 fully saturated rings. The van der Waals surface area contributed by atoms with Crippen molar-refractivity contribution < 1.29 is 19.1 Å². The third-order valence-corrected chi connectivity index (χ3v) is 2.77. The van der Waals surface area contributed by atoms with Gasteiger partial charge >= 0.3 is 5.97 Å². The first-order chi connectivity index (χ1) is 7.02. The fourth-order valence-electron chi connectivity index (χ4n) is 1.03. The van der Waals surface area contributed by atoms with Crippen LogP contribution in [0.4, 0.5) is 0 Å². The van der Waals surface area contributed by atoms with Gasteiger partial charge in [0.1, 0.15) is 4.83 Å². The van der Waals surface area contributed by atoms with Crippen LogP contribution in [0, 0.1) is 0 Å². The smallest absolute Gasteiger partial charge is 0.319 e. The first kappa shape index (κ1) is 14.5. The number of methoxy groups -OCH3 is 2. The van der Waals surface area contributed by atoms with Crippen LogP contribution in [0.3, 0.4) is 0 Å². The molecule has 15 heavy (non-hydrogen) atoms. The summed E-state index contributed by atoms with van der Waals surface area (Å²) in [5.41, 5.74) is 0. The van der Waals surface area contributed by atoms with Crippen LogP contribution in [-0.2, 0) is 19.1 Å². The van der Waals surface area contributed by atoms with Gasteiger partial charge < -0.3 is 9.47 Å². The molecule has 6 heteroatoms. The van der Waals surface area contributed by atoms with Crippen molar-refractivity contribution >= 4 is 35.7 Å². The number of alkyl halides is 1. The minimum Gasteiger partial charge on any atom is -0.469 e. The Balaban J connectivity index is 3.70. The Hall–Kier alpha value is -0.515. The lowest BCUT2D eigenvalue weighted by Crippen LogP contribution is -2.16. The Morgan fingerprint density at radius 3 is 2.20 bits per heavy atom. The quantitative estimate of drug-likeness (QED) is 0.416. The highest BCUT2D eigenvalue weighted by atomic mass is 79.9. The molecular formula is C9H14BBrO4. The standard InChI is InChI=1S/C9H14BBrO4/c1-14-8(12)6(10)4-3-5-7(11)9(13)15-2/h6-7H,3-5H2,1-2H3. The predicted molar refractivity (Wildman–Crippen MR) is 60.1 cm³/mol. The fourth-order valence-corrected chi connectivity index (χ4v) is 1.54. The Labute approximate surface area is 99.2 Å². The summed E-state index contributed by atoms with van der Waals surface area (Å²) in [7, 11) is 8.14. The van der Waals surface area contributed by atoms with Gasteiger partial charge in [-0.2, -0.15) is 0 Å². The molecule has 2 radical (unpaired) electrons. The van der Waals surface area contributed by atoms with Crippen LogP contribution in [0.1, 0.15) is 19.3 Å². The van der Waals surface area contributed by atoms with Crippen molar-refractivity contribution in [3.63, 3.8) is 0 Å². The number of carbonyl (C=O) groups is 2. The van der Waals surface area contributed by atoms with Gasteiger partial charge in [-0.15, -0.1) is 0 Å². The van der Waals surface area contributed by atoms with E-state index in [4.69, 9.17) is 7.85 Å². The Kier molecular flexibility index (Phi) is 7.47. The molecule has 0 heterocycles. The van der Waals surface area contributed by atoms with Crippen LogP contribution in [0.15, 0.2) is 0 Å². The van der Waals surface area contributed by atoms with E-state index in [9.17, 15) is 9.59 Å². The highest BCUT2D eigenvalue weighted by molar-refractivity contribution is 9.10. The highest BCUT2D eigenvalue weighted by Gasteiger charge is 2.17. The van der Waals surface area contributed by atoms with E-state index in [1.54, 1.807) is 0 Å². The maximum absolute atomic E-state index is 11.0. The molecule has 0 aliphatic rings. The van der Waals surface area contributed by atoms with Crippen LogP contribution in [0.5, 0.6) is 0 Å². The van der Waals surface area contributed by atoms with Gasteiger partial charge in [0.15, 0.2) is 0 Å². The molecule has 2 atom stereocenters. The number of carbonyl (C=O) groups excluding carboxylic acids is 2. The summed E-state index contributed by atoms with van der Waals surface area (Å²) in [4.78, 5) is 21.6. The normalized spacial score (nSPS) is 14.1.